The Morgan fingerprint density at radius 3 is 2.65 bits per heavy atom. The summed E-state index contributed by atoms with van der Waals surface area (Å²) in [6.07, 6.45) is 7.15. The van der Waals surface area contributed by atoms with E-state index in [9.17, 15) is 4.79 Å². The Kier molecular flexibility index (Phi) is 5.36. The highest BCUT2D eigenvalue weighted by molar-refractivity contribution is 6.01. The fourth-order valence-corrected chi connectivity index (χ4v) is 3.39. The number of amides is 1. The SMILES string of the molecule is CN(C)CCn1ccnc1C1CCN(c2ncnc(N)c2C(N)=O)CC1. The first kappa shape index (κ1) is 18.1. The van der Waals surface area contributed by atoms with Gasteiger partial charge in [0.2, 0.25) is 0 Å². The molecule has 2 aromatic heterocycles. The van der Waals surface area contributed by atoms with Gasteiger partial charge < -0.3 is 25.8 Å². The maximum Gasteiger partial charge on any atom is 0.256 e. The van der Waals surface area contributed by atoms with E-state index in [0.717, 1.165) is 44.8 Å². The van der Waals surface area contributed by atoms with Gasteiger partial charge in [-0.2, -0.15) is 0 Å². The number of imidazole rings is 1. The van der Waals surface area contributed by atoms with Crippen molar-refractivity contribution in [1.29, 1.82) is 0 Å². The van der Waals surface area contributed by atoms with E-state index in [0.29, 0.717) is 11.7 Å². The molecule has 0 radical (unpaired) electrons. The lowest BCUT2D eigenvalue weighted by Gasteiger charge is -2.33. The molecule has 9 nitrogen and oxygen atoms in total. The summed E-state index contributed by atoms with van der Waals surface area (Å²) >= 11 is 0. The lowest BCUT2D eigenvalue weighted by atomic mass is 9.95. The third-order valence-corrected chi connectivity index (χ3v) is 4.80. The van der Waals surface area contributed by atoms with Crippen LogP contribution >= 0.6 is 0 Å². The predicted molar refractivity (Wildman–Crippen MR) is 99.9 cm³/mol. The minimum absolute atomic E-state index is 0.129. The zero-order valence-electron chi connectivity index (χ0n) is 15.3. The van der Waals surface area contributed by atoms with Crippen LogP contribution in [0.25, 0.3) is 0 Å². The molecule has 140 valence electrons. The number of nitrogen functional groups attached to an aromatic ring is 1. The third kappa shape index (κ3) is 3.77. The van der Waals surface area contributed by atoms with Crippen LogP contribution in [0.2, 0.25) is 0 Å². The van der Waals surface area contributed by atoms with E-state index < -0.39 is 5.91 Å². The molecule has 0 saturated carbocycles. The number of likely N-dealkylation sites (N-methyl/N-ethyl adjacent to an activating group) is 1. The molecule has 1 saturated heterocycles. The summed E-state index contributed by atoms with van der Waals surface area (Å²) in [5.41, 5.74) is 11.5. The Hall–Kier alpha value is -2.68. The molecule has 0 spiro atoms. The van der Waals surface area contributed by atoms with Gasteiger partial charge in [-0.25, -0.2) is 15.0 Å². The molecule has 0 atom stereocenters. The molecule has 1 aliphatic heterocycles. The topological polar surface area (TPSA) is 119 Å². The van der Waals surface area contributed by atoms with Crippen LogP contribution in [-0.2, 0) is 6.54 Å². The van der Waals surface area contributed by atoms with Crippen LogP contribution in [0.1, 0.15) is 34.9 Å². The summed E-state index contributed by atoms with van der Waals surface area (Å²) in [6.45, 7) is 3.44. The van der Waals surface area contributed by atoms with Crippen molar-refractivity contribution in [3.8, 4) is 0 Å². The molecule has 0 aromatic carbocycles. The van der Waals surface area contributed by atoms with Gasteiger partial charge in [0.1, 0.15) is 29.4 Å². The van der Waals surface area contributed by atoms with E-state index in [1.807, 2.05) is 12.4 Å². The number of carbonyl (C=O) groups excluding carboxylic acids is 1. The average Bonchev–Trinajstić information content (AvgIpc) is 3.08. The van der Waals surface area contributed by atoms with E-state index in [-0.39, 0.29) is 11.4 Å². The minimum Gasteiger partial charge on any atom is -0.383 e. The van der Waals surface area contributed by atoms with Gasteiger partial charge in [-0.1, -0.05) is 0 Å². The Balaban J connectivity index is 1.70. The van der Waals surface area contributed by atoms with E-state index in [2.05, 4.69) is 43.4 Å². The number of nitrogens with two attached hydrogens (primary N) is 2. The van der Waals surface area contributed by atoms with Crippen molar-refractivity contribution in [2.75, 3.05) is 44.4 Å². The number of carbonyl (C=O) groups is 1. The summed E-state index contributed by atoms with van der Waals surface area (Å²) < 4.78 is 2.23. The first-order valence-electron chi connectivity index (χ1n) is 8.78. The van der Waals surface area contributed by atoms with Crippen molar-refractivity contribution in [2.24, 2.45) is 5.73 Å². The van der Waals surface area contributed by atoms with E-state index in [1.165, 1.54) is 6.33 Å². The first-order valence-corrected chi connectivity index (χ1v) is 8.78. The maximum absolute atomic E-state index is 11.7. The van der Waals surface area contributed by atoms with Crippen LogP contribution in [0.3, 0.4) is 0 Å². The van der Waals surface area contributed by atoms with Gasteiger partial charge in [0.25, 0.3) is 5.91 Å². The highest BCUT2D eigenvalue weighted by Gasteiger charge is 2.27. The van der Waals surface area contributed by atoms with Crippen LogP contribution in [0.5, 0.6) is 0 Å². The normalized spacial score (nSPS) is 15.6. The Morgan fingerprint density at radius 1 is 1.27 bits per heavy atom. The molecular weight excluding hydrogens is 332 g/mol. The smallest absolute Gasteiger partial charge is 0.256 e. The lowest BCUT2D eigenvalue weighted by molar-refractivity contribution is 0.100. The second-order valence-corrected chi connectivity index (χ2v) is 6.87. The van der Waals surface area contributed by atoms with Crippen LogP contribution in [0.15, 0.2) is 18.7 Å². The molecule has 3 heterocycles. The van der Waals surface area contributed by atoms with E-state index in [1.54, 1.807) is 0 Å². The Bertz CT molecular complexity index is 764. The van der Waals surface area contributed by atoms with Crippen molar-refractivity contribution in [3.63, 3.8) is 0 Å². The summed E-state index contributed by atoms with van der Waals surface area (Å²) in [5, 5.41) is 0. The summed E-state index contributed by atoms with van der Waals surface area (Å²) in [6, 6.07) is 0. The molecule has 0 aliphatic carbocycles. The second-order valence-electron chi connectivity index (χ2n) is 6.87. The third-order valence-electron chi connectivity index (χ3n) is 4.80. The highest BCUT2D eigenvalue weighted by atomic mass is 16.1. The predicted octanol–water partition coefficient (Wildman–Crippen LogP) is 0.300. The highest BCUT2D eigenvalue weighted by Crippen LogP contribution is 2.31. The quantitative estimate of drug-likeness (QED) is 0.762. The Morgan fingerprint density at radius 2 is 2.00 bits per heavy atom. The van der Waals surface area contributed by atoms with Crippen molar-refractivity contribution in [3.05, 3.63) is 30.1 Å². The number of piperidine rings is 1. The van der Waals surface area contributed by atoms with Crippen molar-refractivity contribution in [2.45, 2.75) is 25.3 Å². The number of anilines is 2. The monoisotopic (exact) mass is 358 g/mol. The molecule has 0 bridgehead atoms. The zero-order chi connectivity index (χ0) is 18.7. The van der Waals surface area contributed by atoms with Gasteiger partial charge in [0.15, 0.2) is 0 Å². The van der Waals surface area contributed by atoms with Gasteiger partial charge in [-0.3, -0.25) is 4.79 Å². The van der Waals surface area contributed by atoms with Gasteiger partial charge in [0, 0.05) is 44.5 Å². The van der Waals surface area contributed by atoms with Gasteiger partial charge in [0.05, 0.1) is 0 Å². The zero-order valence-corrected chi connectivity index (χ0v) is 15.3. The molecule has 1 fully saturated rings. The van der Waals surface area contributed by atoms with E-state index in [4.69, 9.17) is 11.5 Å². The number of hydrogen-bond acceptors (Lipinski definition) is 7. The van der Waals surface area contributed by atoms with Gasteiger partial charge in [-0.15, -0.1) is 0 Å². The fourth-order valence-electron chi connectivity index (χ4n) is 3.39. The largest absolute Gasteiger partial charge is 0.383 e. The van der Waals surface area contributed by atoms with Crippen LogP contribution in [0, 0.1) is 0 Å². The fraction of sp³-hybridized carbons (Fsp3) is 0.529. The van der Waals surface area contributed by atoms with Crippen LogP contribution in [-0.4, -0.2) is 64.1 Å². The molecule has 4 N–H and O–H groups in total. The van der Waals surface area contributed by atoms with Gasteiger partial charge in [-0.05, 0) is 26.9 Å². The summed E-state index contributed by atoms with van der Waals surface area (Å²) in [5.74, 6) is 1.58. The lowest BCUT2D eigenvalue weighted by Crippen LogP contribution is -2.36. The molecule has 0 unspecified atom stereocenters. The maximum atomic E-state index is 11.7. The molecule has 1 amide bonds. The Labute approximate surface area is 153 Å². The van der Waals surface area contributed by atoms with Crippen molar-refractivity contribution in [1.82, 2.24) is 24.4 Å². The molecule has 9 heteroatoms. The van der Waals surface area contributed by atoms with Gasteiger partial charge >= 0.3 is 0 Å². The molecule has 26 heavy (non-hydrogen) atoms. The second kappa shape index (κ2) is 7.69. The number of hydrogen-bond donors (Lipinski definition) is 2. The van der Waals surface area contributed by atoms with Crippen molar-refractivity contribution >= 4 is 17.5 Å². The van der Waals surface area contributed by atoms with Crippen LogP contribution < -0.4 is 16.4 Å². The first-order chi connectivity index (χ1) is 12.5. The van der Waals surface area contributed by atoms with Crippen molar-refractivity contribution < 1.29 is 4.79 Å². The molecule has 2 aromatic rings. The summed E-state index contributed by atoms with van der Waals surface area (Å²) in [7, 11) is 4.14. The average molecular weight is 358 g/mol. The standard InChI is InChI=1S/C17H26N8O/c1-23(2)9-10-25-8-5-20-16(25)12-3-6-24(7-4-12)17-13(15(19)26)14(18)21-11-22-17/h5,8,11-12H,3-4,6-7,9-10H2,1-2H3,(H2,19,26)(H2,18,21,22). The minimum atomic E-state index is -0.598. The number of nitrogens with zero attached hydrogens (tertiary/aromatic N) is 6. The molecule has 3 rings (SSSR count). The number of rotatable bonds is 6. The van der Waals surface area contributed by atoms with E-state index >= 15 is 0 Å². The molecule has 1 aliphatic rings. The summed E-state index contributed by atoms with van der Waals surface area (Å²) in [4.78, 5) is 28.7. The molecular formula is C17H26N8O. The number of primary amides is 1. The number of aromatic nitrogens is 4. The van der Waals surface area contributed by atoms with Crippen LogP contribution in [0.4, 0.5) is 11.6 Å².